The minimum Gasteiger partial charge on any atom is -0.406 e. The average Bonchev–Trinajstić information content (AvgIpc) is 2.68. The Bertz CT molecular complexity index is 515. The molecule has 2 N–H and O–H groups in total. The van der Waals surface area contributed by atoms with Crippen LogP contribution in [0.4, 0.5) is 13.2 Å². The lowest BCUT2D eigenvalue weighted by Crippen LogP contribution is -2.41. The molecule has 1 aliphatic rings. The van der Waals surface area contributed by atoms with Crippen LogP contribution in [0.15, 0.2) is 24.3 Å². The summed E-state index contributed by atoms with van der Waals surface area (Å²) < 4.78 is 40.4. The summed E-state index contributed by atoms with van der Waals surface area (Å²) in [6, 6.07) is 4.88. The van der Waals surface area contributed by atoms with Crippen LogP contribution in [0.2, 0.25) is 0 Å². The predicted molar refractivity (Wildman–Crippen MR) is 67.4 cm³/mol. The summed E-state index contributed by atoms with van der Waals surface area (Å²) in [5, 5.41) is 0. The monoisotopic (exact) mass is 287 g/mol. The molecule has 0 amide bonds. The van der Waals surface area contributed by atoms with E-state index in [0.29, 0.717) is 6.42 Å². The highest BCUT2D eigenvalue weighted by atomic mass is 19.4. The number of benzene rings is 1. The molecule has 1 aromatic rings. The topological polar surface area (TPSA) is 52.3 Å². The van der Waals surface area contributed by atoms with Crippen molar-refractivity contribution in [2.75, 3.05) is 0 Å². The molecule has 1 aliphatic carbocycles. The van der Waals surface area contributed by atoms with E-state index < -0.39 is 17.5 Å². The summed E-state index contributed by atoms with van der Waals surface area (Å²) in [6.07, 6.45) is -2.52. The Morgan fingerprint density at radius 3 is 2.70 bits per heavy atom. The van der Waals surface area contributed by atoms with Crippen molar-refractivity contribution in [3.63, 3.8) is 0 Å². The van der Waals surface area contributed by atoms with Crippen LogP contribution < -0.4 is 10.5 Å². The Kier molecular flexibility index (Phi) is 3.77. The minimum absolute atomic E-state index is 0.201. The molecule has 2 atom stereocenters. The Balaban J connectivity index is 2.25. The van der Waals surface area contributed by atoms with Gasteiger partial charge in [-0.15, -0.1) is 13.2 Å². The van der Waals surface area contributed by atoms with Gasteiger partial charge < -0.3 is 10.5 Å². The number of hydrogen-bond donors (Lipinski definition) is 1. The molecule has 1 saturated carbocycles. The molecular weight excluding hydrogens is 271 g/mol. The molecule has 0 spiro atoms. The molecule has 110 valence electrons. The summed E-state index contributed by atoms with van der Waals surface area (Å²) in [5.74, 6) is -0.617. The zero-order valence-electron chi connectivity index (χ0n) is 11.0. The number of rotatable bonds is 3. The van der Waals surface area contributed by atoms with Crippen LogP contribution in [0.1, 0.15) is 36.5 Å². The molecule has 2 rings (SSSR count). The molecule has 6 heteroatoms. The summed E-state index contributed by atoms with van der Waals surface area (Å²) in [7, 11) is 0. The number of alkyl halides is 3. The Labute approximate surface area is 114 Å². The predicted octanol–water partition coefficient (Wildman–Crippen LogP) is 3.29. The number of ketones is 1. The standard InChI is InChI=1S/C14H16F3NO2/c1-13(7-3-6-11(13)18)12(19)9-4-2-5-10(8-9)20-14(15,16)17/h2,4-5,8,11H,3,6-7,18H2,1H3. The highest BCUT2D eigenvalue weighted by Crippen LogP contribution is 2.40. The fourth-order valence-electron chi connectivity index (χ4n) is 2.64. The third-order valence-corrected chi connectivity index (χ3v) is 3.88. The molecule has 0 radical (unpaired) electrons. The van der Waals surface area contributed by atoms with Crippen molar-refractivity contribution in [2.24, 2.45) is 11.1 Å². The van der Waals surface area contributed by atoms with Gasteiger partial charge in [-0.25, -0.2) is 0 Å². The van der Waals surface area contributed by atoms with Gasteiger partial charge in [0.1, 0.15) is 5.75 Å². The number of carbonyl (C=O) groups is 1. The first-order valence-electron chi connectivity index (χ1n) is 6.38. The van der Waals surface area contributed by atoms with Crippen molar-refractivity contribution in [3.8, 4) is 5.75 Å². The Morgan fingerprint density at radius 2 is 2.15 bits per heavy atom. The van der Waals surface area contributed by atoms with Crippen LogP contribution in [0.25, 0.3) is 0 Å². The van der Waals surface area contributed by atoms with E-state index in [2.05, 4.69) is 4.74 Å². The summed E-state index contributed by atoms with van der Waals surface area (Å²) in [4.78, 5) is 12.5. The van der Waals surface area contributed by atoms with Gasteiger partial charge in [-0.3, -0.25) is 4.79 Å². The van der Waals surface area contributed by atoms with Crippen LogP contribution in [0.3, 0.4) is 0 Å². The quantitative estimate of drug-likeness (QED) is 0.868. The number of carbonyl (C=O) groups excluding carboxylic acids is 1. The first-order valence-corrected chi connectivity index (χ1v) is 6.38. The molecule has 0 saturated heterocycles. The fourth-order valence-corrected chi connectivity index (χ4v) is 2.64. The van der Waals surface area contributed by atoms with Crippen molar-refractivity contribution < 1.29 is 22.7 Å². The maximum absolute atomic E-state index is 12.5. The van der Waals surface area contributed by atoms with E-state index in [1.54, 1.807) is 6.92 Å². The van der Waals surface area contributed by atoms with Crippen LogP contribution in [-0.4, -0.2) is 18.2 Å². The van der Waals surface area contributed by atoms with Gasteiger partial charge in [-0.2, -0.15) is 0 Å². The lowest BCUT2D eigenvalue weighted by molar-refractivity contribution is -0.274. The van der Waals surface area contributed by atoms with E-state index >= 15 is 0 Å². The molecule has 0 aliphatic heterocycles. The highest BCUT2D eigenvalue weighted by Gasteiger charge is 2.43. The van der Waals surface area contributed by atoms with Gasteiger partial charge in [0.05, 0.1) is 0 Å². The zero-order valence-corrected chi connectivity index (χ0v) is 11.0. The smallest absolute Gasteiger partial charge is 0.406 e. The van der Waals surface area contributed by atoms with Gasteiger partial charge in [0.15, 0.2) is 5.78 Å². The van der Waals surface area contributed by atoms with E-state index in [1.807, 2.05) is 0 Å². The van der Waals surface area contributed by atoms with Crippen molar-refractivity contribution >= 4 is 5.78 Å². The van der Waals surface area contributed by atoms with Gasteiger partial charge in [0.25, 0.3) is 0 Å². The molecule has 0 bridgehead atoms. The molecule has 0 aromatic heterocycles. The molecule has 0 heterocycles. The lowest BCUT2D eigenvalue weighted by atomic mass is 9.78. The van der Waals surface area contributed by atoms with Crippen molar-refractivity contribution in [3.05, 3.63) is 29.8 Å². The van der Waals surface area contributed by atoms with Gasteiger partial charge >= 0.3 is 6.36 Å². The van der Waals surface area contributed by atoms with Crippen molar-refractivity contribution in [1.29, 1.82) is 0 Å². The van der Waals surface area contributed by atoms with Gasteiger partial charge in [-0.1, -0.05) is 25.5 Å². The third-order valence-electron chi connectivity index (χ3n) is 3.88. The van der Waals surface area contributed by atoms with E-state index in [0.717, 1.165) is 18.9 Å². The molecular formula is C14H16F3NO2. The third kappa shape index (κ3) is 2.95. The molecule has 2 unspecified atom stereocenters. The highest BCUT2D eigenvalue weighted by molar-refractivity contribution is 6.01. The normalized spacial score (nSPS) is 26.6. The second-order valence-electron chi connectivity index (χ2n) is 5.32. The second-order valence-corrected chi connectivity index (χ2v) is 5.32. The van der Waals surface area contributed by atoms with Gasteiger partial charge in [0.2, 0.25) is 0 Å². The number of Topliss-reactive ketones (excluding diaryl/α,β-unsaturated/α-hetero) is 1. The van der Waals surface area contributed by atoms with Crippen LogP contribution >= 0.6 is 0 Å². The Morgan fingerprint density at radius 1 is 1.45 bits per heavy atom. The maximum Gasteiger partial charge on any atom is 0.573 e. The number of hydrogen-bond acceptors (Lipinski definition) is 3. The second kappa shape index (κ2) is 5.09. The maximum atomic E-state index is 12.5. The average molecular weight is 287 g/mol. The largest absolute Gasteiger partial charge is 0.573 e. The van der Waals surface area contributed by atoms with Crippen molar-refractivity contribution in [1.82, 2.24) is 0 Å². The first kappa shape index (κ1) is 14.8. The Hall–Kier alpha value is -1.56. The van der Waals surface area contributed by atoms with E-state index in [-0.39, 0.29) is 17.4 Å². The molecule has 1 fully saturated rings. The summed E-state index contributed by atoms with van der Waals surface area (Å²) in [6.45, 7) is 1.77. The van der Waals surface area contributed by atoms with Gasteiger partial charge in [0, 0.05) is 17.0 Å². The number of nitrogens with two attached hydrogens (primary N) is 1. The van der Waals surface area contributed by atoms with Crippen LogP contribution in [0.5, 0.6) is 5.75 Å². The first-order chi connectivity index (χ1) is 9.22. The van der Waals surface area contributed by atoms with E-state index in [9.17, 15) is 18.0 Å². The minimum atomic E-state index is -4.77. The zero-order chi connectivity index (χ0) is 15.0. The summed E-state index contributed by atoms with van der Waals surface area (Å²) >= 11 is 0. The SMILES string of the molecule is CC1(C(=O)c2cccc(OC(F)(F)F)c2)CCCC1N. The van der Waals surface area contributed by atoms with Crippen LogP contribution in [-0.2, 0) is 0 Å². The molecule has 3 nitrogen and oxygen atoms in total. The lowest BCUT2D eigenvalue weighted by Gasteiger charge is -2.27. The fraction of sp³-hybridized carbons (Fsp3) is 0.500. The van der Waals surface area contributed by atoms with E-state index in [1.165, 1.54) is 18.2 Å². The van der Waals surface area contributed by atoms with Crippen LogP contribution in [0, 0.1) is 5.41 Å². The molecule has 1 aromatic carbocycles. The van der Waals surface area contributed by atoms with Crippen molar-refractivity contribution in [2.45, 2.75) is 38.6 Å². The number of ether oxygens (including phenoxy) is 1. The number of halogens is 3. The molecule has 20 heavy (non-hydrogen) atoms. The van der Waals surface area contributed by atoms with Gasteiger partial charge in [-0.05, 0) is 25.0 Å². The van der Waals surface area contributed by atoms with E-state index in [4.69, 9.17) is 5.73 Å². The summed E-state index contributed by atoms with van der Waals surface area (Å²) in [5.41, 5.74) is 5.45.